The van der Waals surface area contributed by atoms with Gasteiger partial charge in [0.05, 0.1) is 5.69 Å². The lowest BCUT2D eigenvalue weighted by Crippen LogP contribution is -2.43. The van der Waals surface area contributed by atoms with E-state index < -0.39 is 0 Å². The molecule has 5 nitrogen and oxygen atoms in total. The van der Waals surface area contributed by atoms with Gasteiger partial charge in [-0.2, -0.15) is 0 Å². The second kappa shape index (κ2) is 4.03. The fraction of sp³-hybridized carbons (Fsp3) is 0.400. The molecular formula is C10H11BrN4O. The first kappa shape index (κ1) is 10.0. The molecule has 84 valence electrons. The molecule has 2 heterocycles. The highest BCUT2D eigenvalue weighted by molar-refractivity contribution is 9.10. The Kier molecular flexibility index (Phi) is 2.53. The molecule has 6 heteroatoms. The molecule has 0 unspecified atom stereocenters. The minimum atomic E-state index is 0.794. The van der Waals surface area contributed by atoms with Gasteiger partial charge in [-0.3, -0.25) is 0 Å². The molecular weight excluding hydrogens is 272 g/mol. The van der Waals surface area contributed by atoms with Gasteiger partial charge in [0.15, 0.2) is 5.52 Å². The molecule has 1 fully saturated rings. The molecule has 0 atom stereocenters. The average Bonchev–Trinajstić information content (AvgIpc) is 2.77. The molecule has 1 aromatic heterocycles. The minimum Gasteiger partial charge on any atom is -0.367 e. The second-order valence-electron chi connectivity index (χ2n) is 3.79. The molecule has 2 aromatic rings. The lowest BCUT2D eigenvalue weighted by Gasteiger charge is -2.29. The molecule has 3 rings (SSSR count). The van der Waals surface area contributed by atoms with Crippen LogP contribution in [0.4, 0.5) is 5.69 Å². The number of hydrogen-bond acceptors (Lipinski definition) is 5. The maximum Gasteiger partial charge on any atom is 0.158 e. The molecule has 1 N–H and O–H groups in total. The van der Waals surface area contributed by atoms with Crippen LogP contribution in [-0.4, -0.2) is 36.5 Å². The summed E-state index contributed by atoms with van der Waals surface area (Å²) >= 11 is 3.48. The number of nitrogens with one attached hydrogen (secondary N) is 1. The van der Waals surface area contributed by atoms with Gasteiger partial charge >= 0.3 is 0 Å². The highest BCUT2D eigenvalue weighted by atomic mass is 79.9. The molecule has 0 aliphatic carbocycles. The summed E-state index contributed by atoms with van der Waals surface area (Å²) in [4.78, 5) is 2.30. The zero-order valence-electron chi connectivity index (χ0n) is 8.61. The Hall–Kier alpha value is -1.14. The van der Waals surface area contributed by atoms with Gasteiger partial charge < -0.3 is 10.2 Å². The summed E-state index contributed by atoms with van der Waals surface area (Å²) in [5, 5.41) is 11.2. The van der Waals surface area contributed by atoms with Gasteiger partial charge in [-0.05, 0) is 22.4 Å². The Bertz CT molecular complexity index is 506. The summed E-state index contributed by atoms with van der Waals surface area (Å²) in [7, 11) is 0. The number of aromatic nitrogens is 2. The fourth-order valence-electron chi connectivity index (χ4n) is 1.99. The summed E-state index contributed by atoms with van der Waals surface area (Å²) in [6.45, 7) is 3.97. The van der Waals surface area contributed by atoms with Crippen LogP contribution in [0.5, 0.6) is 0 Å². The van der Waals surface area contributed by atoms with Crippen LogP contribution in [0.15, 0.2) is 21.2 Å². The van der Waals surface area contributed by atoms with Gasteiger partial charge in [0.25, 0.3) is 0 Å². The normalized spacial score (nSPS) is 16.9. The Labute approximate surface area is 101 Å². The predicted molar refractivity (Wildman–Crippen MR) is 64.6 cm³/mol. The van der Waals surface area contributed by atoms with Crippen LogP contribution in [0.2, 0.25) is 0 Å². The quantitative estimate of drug-likeness (QED) is 0.857. The van der Waals surface area contributed by atoms with Gasteiger partial charge in [0.2, 0.25) is 0 Å². The number of hydrogen-bond donors (Lipinski definition) is 1. The van der Waals surface area contributed by atoms with E-state index in [-0.39, 0.29) is 0 Å². The third-order valence-electron chi connectivity index (χ3n) is 2.76. The van der Waals surface area contributed by atoms with Crippen molar-refractivity contribution >= 4 is 32.7 Å². The molecule has 1 aliphatic heterocycles. The molecule has 0 spiro atoms. The van der Waals surface area contributed by atoms with E-state index in [0.29, 0.717) is 0 Å². The summed E-state index contributed by atoms with van der Waals surface area (Å²) in [6, 6.07) is 3.98. The topological polar surface area (TPSA) is 54.2 Å². The predicted octanol–water partition coefficient (Wildman–Crippen LogP) is 1.39. The van der Waals surface area contributed by atoms with Crippen LogP contribution in [0.1, 0.15) is 0 Å². The SMILES string of the molecule is Brc1cc(N2CCNCC2)c2nonc2c1. The molecule has 0 amide bonds. The van der Waals surface area contributed by atoms with E-state index in [0.717, 1.165) is 47.4 Å². The maximum atomic E-state index is 4.79. The van der Waals surface area contributed by atoms with Crippen LogP contribution in [0.25, 0.3) is 11.0 Å². The Balaban J connectivity index is 2.09. The fourth-order valence-corrected chi connectivity index (χ4v) is 2.42. The first-order valence-corrected chi connectivity index (χ1v) is 6.01. The second-order valence-corrected chi connectivity index (χ2v) is 4.71. The van der Waals surface area contributed by atoms with E-state index >= 15 is 0 Å². The van der Waals surface area contributed by atoms with Gasteiger partial charge in [-0.15, -0.1) is 0 Å². The standard InChI is InChI=1S/C10H11BrN4O/c11-7-5-8-10(14-16-13-8)9(6-7)15-3-1-12-2-4-15/h5-6,12H,1-4H2. The van der Waals surface area contributed by atoms with Crippen molar-refractivity contribution in [2.24, 2.45) is 0 Å². The van der Waals surface area contributed by atoms with E-state index in [9.17, 15) is 0 Å². The monoisotopic (exact) mass is 282 g/mol. The van der Waals surface area contributed by atoms with Gasteiger partial charge in [0, 0.05) is 30.7 Å². The van der Waals surface area contributed by atoms with Crippen molar-refractivity contribution in [3.63, 3.8) is 0 Å². The average molecular weight is 283 g/mol. The Morgan fingerprint density at radius 2 is 2.06 bits per heavy atom. The van der Waals surface area contributed by atoms with Gasteiger partial charge in [-0.1, -0.05) is 15.9 Å². The van der Waals surface area contributed by atoms with Crippen LogP contribution in [0.3, 0.4) is 0 Å². The number of piperazine rings is 1. The number of rotatable bonds is 1. The molecule has 16 heavy (non-hydrogen) atoms. The molecule has 1 aliphatic rings. The van der Waals surface area contributed by atoms with Crippen molar-refractivity contribution in [1.29, 1.82) is 0 Å². The molecule has 0 radical (unpaired) electrons. The van der Waals surface area contributed by atoms with E-state index in [2.05, 4.69) is 42.5 Å². The third-order valence-corrected chi connectivity index (χ3v) is 3.22. The zero-order chi connectivity index (χ0) is 11.0. The highest BCUT2D eigenvalue weighted by Crippen LogP contribution is 2.28. The highest BCUT2D eigenvalue weighted by Gasteiger charge is 2.16. The molecule has 1 aromatic carbocycles. The third kappa shape index (κ3) is 1.68. The summed E-state index contributed by atoms with van der Waals surface area (Å²) in [5.41, 5.74) is 2.72. The first-order valence-electron chi connectivity index (χ1n) is 5.22. The molecule has 0 bridgehead atoms. The van der Waals surface area contributed by atoms with Gasteiger partial charge in [0.1, 0.15) is 5.52 Å². The van der Waals surface area contributed by atoms with Crippen LogP contribution < -0.4 is 10.2 Å². The number of nitrogens with zero attached hydrogens (tertiary/aromatic N) is 3. The summed E-state index contributed by atoms with van der Waals surface area (Å²) in [5.74, 6) is 0. The van der Waals surface area contributed by atoms with Crippen molar-refractivity contribution in [1.82, 2.24) is 15.6 Å². The lowest BCUT2D eigenvalue weighted by atomic mass is 10.2. The number of benzene rings is 1. The van der Waals surface area contributed by atoms with Crippen molar-refractivity contribution in [3.8, 4) is 0 Å². The van der Waals surface area contributed by atoms with E-state index in [4.69, 9.17) is 4.63 Å². The zero-order valence-corrected chi connectivity index (χ0v) is 10.2. The van der Waals surface area contributed by atoms with E-state index in [1.807, 2.05) is 6.07 Å². The largest absolute Gasteiger partial charge is 0.367 e. The summed E-state index contributed by atoms with van der Waals surface area (Å²) < 4.78 is 5.79. The van der Waals surface area contributed by atoms with Crippen molar-refractivity contribution < 1.29 is 4.63 Å². The first-order chi connectivity index (χ1) is 7.84. The molecule has 0 saturated carbocycles. The molecule has 1 saturated heterocycles. The lowest BCUT2D eigenvalue weighted by molar-refractivity contribution is 0.315. The van der Waals surface area contributed by atoms with Crippen LogP contribution in [-0.2, 0) is 0 Å². The van der Waals surface area contributed by atoms with Crippen molar-refractivity contribution in [2.75, 3.05) is 31.1 Å². The number of fused-ring (bicyclic) bond motifs is 1. The summed E-state index contributed by atoms with van der Waals surface area (Å²) in [6.07, 6.45) is 0. The van der Waals surface area contributed by atoms with E-state index in [1.54, 1.807) is 0 Å². The minimum absolute atomic E-state index is 0.794. The van der Waals surface area contributed by atoms with Gasteiger partial charge in [-0.25, -0.2) is 4.63 Å². The Morgan fingerprint density at radius 3 is 2.88 bits per heavy atom. The van der Waals surface area contributed by atoms with E-state index in [1.165, 1.54) is 0 Å². The van der Waals surface area contributed by atoms with Crippen LogP contribution >= 0.6 is 15.9 Å². The Morgan fingerprint density at radius 1 is 1.25 bits per heavy atom. The van der Waals surface area contributed by atoms with Crippen molar-refractivity contribution in [2.45, 2.75) is 0 Å². The smallest absolute Gasteiger partial charge is 0.158 e. The maximum absolute atomic E-state index is 4.79. The number of halogens is 1. The van der Waals surface area contributed by atoms with Crippen LogP contribution in [0, 0.1) is 0 Å². The van der Waals surface area contributed by atoms with Crippen molar-refractivity contribution in [3.05, 3.63) is 16.6 Å². The number of anilines is 1.